The Labute approximate surface area is 190 Å². The van der Waals surface area contributed by atoms with Gasteiger partial charge in [-0.05, 0) is 62.1 Å². The largest absolute Gasteiger partial charge is 0.417 e. The lowest BCUT2D eigenvalue weighted by atomic mass is 9.94. The van der Waals surface area contributed by atoms with Gasteiger partial charge in [-0.2, -0.15) is 26.3 Å². The molecule has 1 N–H and O–H groups in total. The summed E-state index contributed by atoms with van der Waals surface area (Å²) < 4.78 is 103. The first kappa shape index (κ1) is 25.4. The maximum atomic E-state index is 13.0. The van der Waals surface area contributed by atoms with Gasteiger partial charge in [0.05, 0.1) is 26.3 Å². The van der Waals surface area contributed by atoms with Crippen LogP contribution in [0.1, 0.15) is 47.2 Å². The molecular formula is C21H18ClF6NO3S. The Morgan fingerprint density at radius 1 is 0.909 bits per heavy atom. The van der Waals surface area contributed by atoms with Crippen molar-refractivity contribution >= 4 is 27.3 Å². The van der Waals surface area contributed by atoms with Gasteiger partial charge in [0.15, 0.2) is 9.84 Å². The molecule has 4 nitrogen and oxygen atoms in total. The fourth-order valence-electron chi connectivity index (χ4n) is 3.71. The number of carbonyl (C=O) groups excluding carboxylic acids is 1. The molecule has 33 heavy (non-hydrogen) atoms. The van der Waals surface area contributed by atoms with Crippen molar-refractivity contribution in [3.63, 3.8) is 0 Å². The van der Waals surface area contributed by atoms with E-state index >= 15 is 0 Å². The second-order valence-corrected chi connectivity index (χ2v) is 10.3. The van der Waals surface area contributed by atoms with Crippen LogP contribution in [-0.2, 0) is 22.2 Å². The van der Waals surface area contributed by atoms with Gasteiger partial charge >= 0.3 is 12.4 Å². The number of alkyl halides is 6. The summed E-state index contributed by atoms with van der Waals surface area (Å²) in [5.41, 5.74) is -2.45. The molecule has 0 atom stereocenters. The molecule has 3 rings (SSSR count). The van der Waals surface area contributed by atoms with E-state index in [1.54, 1.807) is 0 Å². The van der Waals surface area contributed by atoms with Crippen LogP contribution in [0, 0.1) is 0 Å². The molecule has 0 unspecified atom stereocenters. The van der Waals surface area contributed by atoms with Crippen molar-refractivity contribution in [3.05, 3.63) is 64.2 Å². The molecule has 0 aromatic heterocycles. The molecule has 0 saturated heterocycles. The van der Waals surface area contributed by atoms with E-state index in [4.69, 9.17) is 11.6 Å². The Hall–Kier alpha value is -2.27. The second-order valence-electron chi connectivity index (χ2n) is 7.71. The minimum atomic E-state index is -4.73. The Balaban J connectivity index is 1.66. The monoisotopic (exact) mass is 513 g/mol. The first-order valence-electron chi connectivity index (χ1n) is 9.78. The van der Waals surface area contributed by atoms with E-state index in [0.29, 0.717) is 12.1 Å². The minimum absolute atomic E-state index is 0.0813. The Kier molecular flexibility index (Phi) is 7.05. The smallest absolute Gasteiger partial charge is 0.349 e. The highest BCUT2D eigenvalue weighted by Gasteiger charge is 2.36. The quantitative estimate of drug-likeness (QED) is 0.518. The average molecular weight is 514 g/mol. The van der Waals surface area contributed by atoms with Crippen LogP contribution in [-0.4, -0.2) is 25.6 Å². The van der Waals surface area contributed by atoms with Gasteiger partial charge in [-0.15, -0.1) is 0 Å². The standard InChI is InChI=1S/C21H18ClF6NO3S/c22-18-9-4-12(10-17(18)21(26,27)28)19(30)29-14-5-7-15(8-6-14)33(31,32)16-3-1-2-13(11-16)20(23,24)25/h1-4,9-11,14-15H,5-8H2,(H,29,30)/t14-,15-. The molecule has 1 aliphatic carbocycles. The summed E-state index contributed by atoms with van der Waals surface area (Å²) >= 11 is 5.55. The number of nitrogens with one attached hydrogen (secondary N) is 1. The van der Waals surface area contributed by atoms with Crippen molar-refractivity contribution in [2.75, 3.05) is 0 Å². The van der Waals surface area contributed by atoms with Gasteiger partial charge < -0.3 is 5.32 Å². The Morgan fingerprint density at radius 2 is 1.55 bits per heavy atom. The lowest BCUT2D eigenvalue weighted by molar-refractivity contribution is -0.138. The van der Waals surface area contributed by atoms with Crippen molar-refractivity contribution in [1.29, 1.82) is 0 Å². The predicted octanol–water partition coefficient (Wildman–Crippen LogP) is 5.89. The van der Waals surface area contributed by atoms with Crippen molar-refractivity contribution in [2.45, 2.75) is 54.2 Å². The van der Waals surface area contributed by atoms with Crippen LogP contribution >= 0.6 is 11.6 Å². The molecule has 0 radical (unpaired) electrons. The van der Waals surface area contributed by atoms with Gasteiger partial charge in [0.25, 0.3) is 5.91 Å². The highest BCUT2D eigenvalue weighted by molar-refractivity contribution is 7.92. The molecule has 1 amide bonds. The first-order valence-corrected chi connectivity index (χ1v) is 11.7. The van der Waals surface area contributed by atoms with Gasteiger partial charge in [0.1, 0.15) is 0 Å². The highest BCUT2D eigenvalue weighted by atomic mass is 35.5. The molecule has 2 aromatic carbocycles. The predicted molar refractivity (Wildman–Crippen MR) is 109 cm³/mol. The van der Waals surface area contributed by atoms with Crippen LogP contribution in [0.25, 0.3) is 0 Å². The Bertz CT molecular complexity index is 1140. The van der Waals surface area contributed by atoms with Crippen LogP contribution in [0.3, 0.4) is 0 Å². The van der Waals surface area contributed by atoms with Crippen molar-refractivity contribution in [3.8, 4) is 0 Å². The molecular weight excluding hydrogens is 496 g/mol. The molecule has 0 aliphatic heterocycles. The van der Waals surface area contributed by atoms with E-state index in [1.807, 2.05) is 0 Å². The number of halogens is 7. The number of rotatable bonds is 4. The van der Waals surface area contributed by atoms with Crippen LogP contribution in [0.5, 0.6) is 0 Å². The van der Waals surface area contributed by atoms with E-state index in [-0.39, 0.29) is 31.2 Å². The topological polar surface area (TPSA) is 63.2 Å². The summed E-state index contributed by atoms with van der Waals surface area (Å²) in [6.07, 6.45) is -8.84. The third-order valence-corrected chi connectivity index (χ3v) is 8.06. The third-order valence-electron chi connectivity index (χ3n) is 5.47. The molecule has 0 spiro atoms. The molecule has 1 saturated carbocycles. The number of hydrogen-bond acceptors (Lipinski definition) is 3. The maximum Gasteiger partial charge on any atom is 0.417 e. The van der Waals surface area contributed by atoms with Crippen LogP contribution in [0.2, 0.25) is 5.02 Å². The van der Waals surface area contributed by atoms with E-state index in [1.165, 1.54) is 0 Å². The number of benzene rings is 2. The van der Waals surface area contributed by atoms with Crippen LogP contribution < -0.4 is 5.32 Å². The fourth-order valence-corrected chi connectivity index (χ4v) is 5.77. The summed E-state index contributed by atoms with van der Waals surface area (Å²) in [4.78, 5) is 12.0. The zero-order chi connectivity index (χ0) is 24.6. The minimum Gasteiger partial charge on any atom is -0.349 e. The number of sulfone groups is 1. The fraction of sp³-hybridized carbons (Fsp3) is 0.381. The van der Waals surface area contributed by atoms with Crippen molar-refractivity contribution in [1.82, 2.24) is 5.32 Å². The zero-order valence-electron chi connectivity index (χ0n) is 16.8. The van der Waals surface area contributed by atoms with Gasteiger partial charge in [-0.1, -0.05) is 17.7 Å². The Morgan fingerprint density at radius 3 is 2.12 bits per heavy atom. The first-order chi connectivity index (χ1) is 15.2. The normalized spacial score (nSPS) is 19.8. The SMILES string of the molecule is O=C(N[C@H]1CC[C@H](S(=O)(=O)c2cccc(C(F)(F)F)c2)CC1)c1ccc(Cl)c(C(F)(F)F)c1. The van der Waals surface area contributed by atoms with Gasteiger partial charge in [-0.3, -0.25) is 4.79 Å². The van der Waals surface area contributed by atoms with Crippen molar-refractivity contribution in [2.24, 2.45) is 0 Å². The van der Waals surface area contributed by atoms with Crippen LogP contribution in [0.15, 0.2) is 47.4 Å². The second kappa shape index (κ2) is 9.17. The summed E-state index contributed by atoms with van der Waals surface area (Å²) in [6, 6.07) is 5.79. The average Bonchev–Trinajstić information content (AvgIpc) is 2.73. The van der Waals surface area contributed by atoms with E-state index in [9.17, 15) is 39.6 Å². The molecule has 1 aliphatic rings. The number of carbonyl (C=O) groups is 1. The molecule has 2 aromatic rings. The van der Waals surface area contributed by atoms with Crippen LogP contribution in [0.4, 0.5) is 26.3 Å². The third kappa shape index (κ3) is 5.81. The van der Waals surface area contributed by atoms with Gasteiger partial charge in [-0.25, -0.2) is 8.42 Å². The van der Waals surface area contributed by atoms with Gasteiger partial charge in [0.2, 0.25) is 0 Å². The molecule has 0 heterocycles. The van der Waals surface area contributed by atoms with E-state index in [0.717, 1.165) is 30.3 Å². The van der Waals surface area contributed by atoms with Gasteiger partial charge in [0, 0.05) is 11.6 Å². The highest BCUT2D eigenvalue weighted by Crippen LogP contribution is 2.36. The maximum absolute atomic E-state index is 13.0. The molecule has 12 heteroatoms. The molecule has 1 fully saturated rings. The lowest BCUT2D eigenvalue weighted by Crippen LogP contribution is -2.40. The van der Waals surface area contributed by atoms with E-state index in [2.05, 4.69) is 5.32 Å². The zero-order valence-corrected chi connectivity index (χ0v) is 18.4. The van der Waals surface area contributed by atoms with E-state index < -0.39 is 60.4 Å². The van der Waals surface area contributed by atoms with Crippen molar-refractivity contribution < 1.29 is 39.6 Å². The summed E-state index contributed by atoms with van der Waals surface area (Å²) in [6.45, 7) is 0. The lowest BCUT2D eigenvalue weighted by Gasteiger charge is -2.29. The summed E-state index contributed by atoms with van der Waals surface area (Å²) in [7, 11) is -4.03. The summed E-state index contributed by atoms with van der Waals surface area (Å²) in [5.74, 6) is -0.763. The molecule has 180 valence electrons. The number of hydrogen-bond donors (Lipinski definition) is 1. The molecule has 0 bridgehead atoms. The number of amides is 1. The summed E-state index contributed by atoms with van der Waals surface area (Å²) in [5, 5.41) is 1.11.